The summed E-state index contributed by atoms with van der Waals surface area (Å²) in [6.07, 6.45) is 1.31. The van der Waals surface area contributed by atoms with Crippen molar-refractivity contribution in [2.45, 2.75) is 83.8 Å². The Labute approximate surface area is 212 Å². The van der Waals surface area contributed by atoms with Gasteiger partial charge < -0.3 is 24.1 Å². The van der Waals surface area contributed by atoms with E-state index in [9.17, 15) is 9.59 Å². The van der Waals surface area contributed by atoms with Gasteiger partial charge in [0.2, 0.25) is 0 Å². The Morgan fingerprint density at radius 3 is 2.34 bits per heavy atom. The molecule has 1 aliphatic heterocycles. The van der Waals surface area contributed by atoms with Crippen LogP contribution in [-0.4, -0.2) is 56.2 Å². The van der Waals surface area contributed by atoms with Crippen LogP contribution in [0.25, 0.3) is 0 Å². The zero-order valence-electron chi connectivity index (χ0n) is 22.8. The minimum atomic E-state index is -2.05. The quantitative estimate of drug-likeness (QED) is 0.341. The van der Waals surface area contributed by atoms with E-state index in [0.717, 1.165) is 5.56 Å². The number of hydrogen-bond donors (Lipinski definition) is 1. The average Bonchev–Trinajstić information content (AvgIpc) is 3.08. The Balaban J connectivity index is 2.25. The van der Waals surface area contributed by atoms with Gasteiger partial charge in [-0.3, -0.25) is 0 Å². The first-order valence-electron chi connectivity index (χ1n) is 12.3. The van der Waals surface area contributed by atoms with E-state index in [1.807, 2.05) is 51.1 Å². The smallest absolute Gasteiger partial charge is 0.410 e. The second kappa shape index (κ2) is 11.2. The van der Waals surface area contributed by atoms with Gasteiger partial charge in [0, 0.05) is 25.6 Å². The zero-order chi connectivity index (χ0) is 26.5. The fourth-order valence-corrected chi connectivity index (χ4v) is 4.87. The summed E-state index contributed by atoms with van der Waals surface area (Å²) < 4.78 is 17.7. The maximum Gasteiger partial charge on any atom is 0.410 e. The number of nitrogens with one attached hydrogen (secondary N) is 1. The topological polar surface area (TPSA) is 77.1 Å². The lowest BCUT2D eigenvalue weighted by Crippen LogP contribution is -2.56. The predicted molar refractivity (Wildman–Crippen MR) is 142 cm³/mol. The standard InChI is InChI=1S/C27H44N2O5Si/c1-10-16-27(28-23(30)32-18-21-14-12-11-13-15-21)20-29(24(31)34-25(2,3)4)17-22(27)19-33-35(8,9)26(5,6)7/h10-15,22H,1,16-20H2,2-9H3,(H,28,30)/t22-,27-/m1/s1. The van der Waals surface area contributed by atoms with Crippen LogP contribution in [0.2, 0.25) is 18.1 Å². The molecular weight excluding hydrogens is 460 g/mol. The third kappa shape index (κ3) is 8.10. The summed E-state index contributed by atoms with van der Waals surface area (Å²) in [4.78, 5) is 27.5. The lowest BCUT2D eigenvalue weighted by Gasteiger charge is -2.40. The van der Waals surface area contributed by atoms with Gasteiger partial charge in [0.25, 0.3) is 0 Å². The number of likely N-dealkylation sites (tertiary alicyclic amines) is 1. The lowest BCUT2D eigenvalue weighted by atomic mass is 9.84. The molecule has 0 aliphatic carbocycles. The number of amides is 2. The second-order valence-corrected chi connectivity index (χ2v) is 16.8. The van der Waals surface area contributed by atoms with Crippen molar-refractivity contribution < 1.29 is 23.5 Å². The van der Waals surface area contributed by atoms with Crippen molar-refractivity contribution in [1.29, 1.82) is 0 Å². The van der Waals surface area contributed by atoms with E-state index in [0.29, 0.717) is 26.1 Å². The van der Waals surface area contributed by atoms with Crippen molar-refractivity contribution in [3.8, 4) is 0 Å². The van der Waals surface area contributed by atoms with Gasteiger partial charge in [-0.1, -0.05) is 57.2 Å². The Hall–Kier alpha value is -2.32. The summed E-state index contributed by atoms with van der Waals surface area (Å²) >= 11 is 0. The molecule has 1 fully saturated rings. The molecule has 1 aromatic rings. The molecule has 0 spiro atoms. The van der Waals surface area contributed by atoms with Crippen LogP contribution in [0.4, 0.5) is 9.59 Å². The minimum absolute atomic E-state index is 0.0413. The van der Waals surface area contributed by atoms with E-state index in [1.165, 1.54) is 0 Å². The molecule has 0 aromatic heterocycles. The number of carbonyl (C=O) groups is 2. The van der Waals surface area contributed by atoms with E-state index in [1.54, 1.807) is 11.0 Å². The number of carbonyl (C=O) groups excluding carboxylic acids is 2. The molecule has 0 saturated carbocycles. The fraction of sp³-hybridized carbons (Fsp3) is 0.630. The molecule has 2 atom stereocenters. The van der Waals surface area contributed by atoms with Gasteiger partial charge >= 0.3 is 12.2 Å². The Kier molecular flexibility index (Phi) is 9.22. The van der Waals surface area contributed by atoms with E-state index in [2.05, 4.69) is 45.8 Å². The Morgan fingerprint density at radius 2 is 1.80 bits per heavy atom. The summed E-state index contributed by atoms with van der Waals surface area (Å²) in [5, 5.41) is 3.13. The molecule has 8 heteroatoms. The molecule has 2 rings (SSSR count). The lowest BCUT2D eigenvalue weighted by molar-refractivity contribution is 0.0275. The van der Waals surface area contributed by atoms with Gasteiger partial charge in [-0.2, -0.15) is 0 Å². The highest BCUT2D eigenvalue weighted by atomic mass is 28.4. The molecular formula is C27H44N2O5Si. The number of nitrogens with zero attached hydrogens (tertiary/aromatic N) is 1. The van der Waals surface area contributed by atoms with Crippen LogP contribution >= 0.6 is 0 Å². The van der Waals surface area contributed by atoms with Crippen LogP contribution in [0.15, 0.2) is 43.0 Å². The number of alkyl carbamates (subject to hydrolysis) is 1. The van der Waals surface area contributed by atoms with Gasteiger partial charge in [0.05, 0.1) is 5.54 Å². The molecule has 1 aliphatic rings. The van der Waals surface area contributed by atoms with Crippen molar-refractivity contribution in [2.75, 3.05) is 19.7 Å². The molecule has 1 heterocycles. The van der Waals surface area contributed by atoms with E-state index in [4.69, 9.17) is 13.9 Å². The highest BCUT2D eigenvalue weighted by Crippen LogP contribution is 2.39. The average molecular weight is 505 g/mol. The monoisotopic (exact) mass is 504 g/mol. The normalized spacial score (nSPS) is 20.9. The Morgan fingerprint density at radius 1 is 1.17 bits per heavy atom. The number of hydrogen-bond acceptors (Lipinski definition) is 5. The fourth-order valence-electron chi connectivity index (χ4n) is 3.82. The molecule has 1 aromatic carbocycles. The molecule has 0 unspecified atom stereocenters. The number of benzene rings is 1. The molecule has 196 valence electrons. The number of rotatable bonds is 8. The van der Waals surface area contributed by atoms with Gasteiger partial charge in [-0.05, 0) is 50.9 Å². The second-order valence-electron chi connectivity index (χ2n) is 12.0. The molecule has 1 saturated heterocycles. The molecule has 0 radical (unpaired) electrons. The summed E-state index contributed by atoms with van der Waals surface area (Å²) in [7, 11) is -2.05. The number of ether oxygens (including phenoxy) is 2. The van der Waals surface area contributed by atoms with Crippen molar-refractivity contribution in [1.82, 2.24) is 10.2 Å². The van der Waals surface area contributed by atoms with Gasteiger partial charge in [-0.15, -0.1) is 6.58 Å². The highest BCUT2D eigenvalue weighted by molar-refractivity contribution is 6.74. The largest absolute Gasteiger partial charge is 0.445 e. The van der Waals surface area contributed by atoms with Gasteiger partial charge in [-0.25, -0.2) is 9.59 Å². The summed E-state index contributed by atoms with van der Waals surface area (Å²) in [5.41, 5.74) is -0.481. The first-order valence-corrected chi connectivity index (χ1v) is 15.2. The summed E-state index contributed by atoms with van der Waals surface area (Å²) in [6.45, 7) is 21.7. The van der Waals surface area contributed by atoms with Crippen LogP contribution in [0.5, 0.6) is 0 Å². The third-order valence-electron chi connectivity index (χ3n) is 6.87. The first-order chi connectivity index (χ1) is 16.1. The van der Waals surface area contributed by atoms with Crippen LogP contribution in [0.1, 0.15) is 53.5 Å². The molecule has 7 nitrogen and oxygen atoms in total. The van der Waals surface area contributed by atoms with E-state index < -0.39 is 31.6 Å². The van der Waals surface area contributed by atoms with Crippen molar-refractivity contribution in [3.63, 3.8) is 0 Å². The molecule has 2 amide bonds. The summed E-state index contributed by atoms with van der Waals surface area (Å²) in [6, 6.07) is 9.53. The molecule has 1 N–H and O–H groups in total. The minimum Gasteiger partial charge on any atom is -0.445 e. The van der Waals surface area contributed by atoms with Crippen LogP contribution in [0, 0.1) is 5.92 Å². The van der Waals surface area contributed by atoms with Crippen LogP contribution in [0.3, 0.4) is 0 Å². The van der Waals surface area contributed by atoms with Gasteiger partial charge in [0.1, 0.15) is 12.2 Å². The van der Waals surface area contributed by atoms with Gasteiger partial charge in [0.15, 0.2) is 8.32 Å². The Bertz CT molecular complexity index is 876. The maximum atomic E-state index is 13.0. The highest BCUT2D eigenvalue weighted by Gasteiger charge is 2.50. The zero-order valence-corrected chi connectivity index (χ0v) is 23.8. The van der Waals surface area contributed by atoms with Crippen LogP contribution in [-0.2, 0) is 20.5 Å². The third-order valence-corrected chi connectivity index (χ3v) is 11.4. The van der Waals surface area contributed by atoms with E-state index >= 15 is 0 Å². The first kappa shape index (κ1) is 28.9. The van der Waals surface area contributed by atoms with Crippen molar-refractivity contribution >= 4 is 20.5 Å². The SMILES string of the molecule is C=CC[C@@]1(NC(=O)OCc2ccccc2)CN(C(=O)OC(C)(C)C)C[C@@H]1CO[Si](C)(C)C(C)(C)C. The summed E-state index contributed by atoms with van der Waals surface area (Å²) in [5.74, 6) is -0.147. The molecule has 0 bridgehead atoms. The van der Waals surface area contributed by atoms with E-state index in [-0.39, 0.29) is 17.6 Å². The van der Waals surface area contributed by atoms with Crippen molar-refractivity contribution in [3.05, 3.63) is 48.6 Å². The van der Waals surface area contributed by atoms with Crippen LogP contribution < -0.4 is 5.32 Å². The predicted octanol–water partition coefficient (Wildman–Crippen LogP) is 6.12. The molecule has 35 heavy (non-hydrogen) atoms. The van der Waals surface area contributed by atoms with Crippen molar-refractivity contribution in [2.24, 2.45) is 5.92 Å². The maximum absolute atomic E-state index is 13.0.